The number of aryl methyl sites for hydroxylation is 2. The largest absolute Gasteiger partial charge is 0.398 e. The summed E-state index contributed by atoms with van der Waals surface area (Å²) in [5.41, 5.74) is 21.5. The number of pyridine rings is 1. The van der Waals surface area contributed by atoms with Crippen molar-refractivity contribution in [3.63, 3.8) is 0 Å². The summed E-state index contributed by atoms with van der Waals surface area (Å²) >= 11 is 0. The lowest BCUT2D eigenvalue weighted by atomic mass is 10.0. The Balaban J connectivity index is 0.000000125. The van der Waals surface area contributed by atoms with Gasteiger partial charge in [0.1, 0.15) is 0 Å². The number of nitrogens with zero attached hydrogens (tertiary/aromatic N) is 1. The summed E-state index contributed by atoms with van der Waals surface area (Å²) in [6.07, 6.45) is 0. The van der Waals surface area contributed by atoms with Crippen molar-refractivity contribution in [2.45, 2.75) is 20.8 Å². The third-order valence-electron chi connectivity index (χ3n) is 8.93. The Hall–Kier alpha value is -6.13. The van der Waals surface area contributed by atoms with Crippen LogP contribution >= 0.6 is 0 Å². The van der Waals surface area contributed by atoms with Crippen molar-refractivity contribution in [1.82, 2.24) is 4.98 Å². The molecule has 2 aliphatic carbocycles. The number of rotatable bonds is 2. The van der Waals surface area contributed by atoms with Crippen LogP contribution in [-0.2, 0) is 0 Å². The Morgan fingerprint density at radius 2 is 1.08 bits per heavy atom. The van der Waals surface area contributed by atoms with E-state index in [1.54, 1.807) is 13.0 Å². The summed E-state index contributed by atoms with van der Waals surface area (Å²) in [7, 11) is 0. The average Bonchev–Trinajstić information content (AvgIpc) is 3.59. The molecule has 1 heterocycles. The van der Waals surface area contributed by atoms with Crippen LogP contribution in [0.3, 0.4) is 0 Å². The van der Waals surface area contributed by atoms with E-state index >= 15 is 0 Å². The monoisotopic (exact) mass is 622 g/mol. The number of fused-ring (bicyclic) bond motifs is 6. The van der Waals surface area contributed by atoms with E-state index in [0.717, 1.165) is 33.5 Å². The zero-order valence-corrected chi connectivity index (χ0v) is 27.1. The minimum absolute atomic E-state index is 0.0405. The number of ketones is 2. The van der Waals surface area contributed by atoms with Crippen LogP contribution in [0.1, 0.15) is 44.3 Å². The molecule has 0 saturated carbocycles. The Bertz CT molecular complexity index is 2350. The van der Waals surface area contributed by atoms with E-state index < -0.39 is 0 Å². The average molecular weight is 623 g/mol. The van der Waals surface area contributed by atoms with Crippen molar-refractivity contribution >= 4 is 28.2 Å². The fourth-order valence-corrected chi connectivity index (χ4v) is 6.44. The number of Topliss-reactive ketones (excluding diaryl/α,β-unsaturated/α-hetero) is 1. The molecule has 0 bridgehead atoms. The second-order valence-electron chi connectivity index (χ2n) is 12.2. The predicted molar refractivity (Wildman–Crippen MR) is 197 cm³/mol. The number of hydrogen-bond acceptors (Lipinski definition) is 4. The summed E-state index contributed by atoms with van der Waals surface area (Å²) in [6.45, 7) is 5.69. The molecule has 0 spiro atoms. The second-order valence-corrected chi connectivity index (χ2v) is 12.2. The number of nitrogen functional groups attached to an aromatic ring is 1. The molecule has 7 aromatic rings. The first-order valence-corrected chi connectivity index (χ1v) is 16.0. The normalized spacial score (nSPS) is 11.4. The van der Waals surface area contributed by atoms with Crippen LogP contribution < -0.4 is 5.73 Å². The van der Waals surface area contributed by atoms with Crippen molar-refractivity contribution < 1.29 is 9.59 Å². The van der Waals surface area contributed by atoms with Gasteiger partial charge in [0.15, 0.2) is 11.6 Å². The summed E-state index contributed by atoms with van der Waals surface area (Å²) < 4.78 is 0. The maximum Gasteiger partial charge on any atom is 0.196 e. The zero-order chi connectivity index (χ0) is 33.4. The summed E-state index contributed by atoms with van der Waals surface area (Å²) in [5.74, 6) is 0.165. The quantitative estimate of drug-likeness (QED) is 0.154. The van der Waals surface area contributed by atoms with Gasteiger partial charge >= 0.3 is 0 Å². The van der Waals surface area contributed by atoms with E-state index in [-0.39, 0.29) is 11.6 Å². The molecule has 4 heteroatoms. The molecule has 232 valence electrons. The smallest absolute Gasteiger partial charge is 0.196 e. The lowest BCUT2D eigenvalue weighted by Crippen LogP contribution is -1.99. The summed E-state index contributed by atoms with van der Waals surface area (Å²) in [6, 6.07) is 46.7. The fourth-order valence-electron chi connectivity index (χ4n) is 6.44. The number of anilines is 1. The van der Waals surface area contributed by atoms with Crippen LogP contribution in [0.15, 0.2) is 140 Å². The molecule has 9 rings (SSSR count). The maximum absolute atomic E-state index is 12.0. The predicted octanol–water partition coefficient (Wildman–Crippen LogP) is 10.5. The first kappa shape index (κ1) is 30.5. The molecular weight excluding hydrogens is 588 g/mol. The Labute approximate surface area is 280 Å². The van der Waals surface area contributed by atoms with Gasteiger partial charge in [-0.3, -0.25) is 9.59 Å². The third-order valence-corrected chi connectivity index (χ3v) is 8.93. The van der Waals surface area contributed by atoms with Crippen LogP contribution in [0.25, 0.3) is 55.5 Å². The van der Waals surface area contributed by atoms with E-state index in [1.165, 1.54) is 44.3 Å². The van der Waals surface area contributed by atoms with Crippen molar-refractivity contribution in [2.75, 3.05) is 5.73 Å². The first-order valence-electron chi connectivity index (χ1n) is 16.0. The van der Waals surface area contributed by atoms with E-state index in [4.69, 9.17) is 10.7 Å². The molecule has 4 nitrogen and oxygen atoms in total. The Morgan fingerprint density at radius 3 is 1.73 bits per heavy atom. The molecular formula is C44H34N2O2. The molecule has 1 aromatic heterocycles. The van der Waals surface area contributed by atoms with Gasteiger partial charge in [0.05, 0.1) is 16.8 Å². The highest BCUT2D eigenvalue weighted by Crippen LogP contribution is 2.47. The minimum Gasteiger partial charge on any atom is -0.398 e. The van der Waals surface area contributed by atoms with Gasteiger partial charge in [-0.15, -0.1) is 0 Å². The van der Waals surface area contributed by atoms with Gasteiger partial charge in [-0.2, -0.15) is 0 Å². The Kier molecular flexibility index (Phi) is 8.00. The standard InChI is InChI=1S/C22H15N.C13H9NO.C9H10O/c1-14-9-11-15(12-10-14)21-13-19-17-6-3-2-5-16(17)18-7-4-8-20(23-21)22(18)19;14-11-7-3-6-9-8-4-1-2-5-10(8)13(15)12(9)11;1-7-3-5-9(6-4-7)8(2)10/h2-13H,1H3;1-7H,14H2;3-6H,1-2H3. The van der Waals surface area contributed by atoms with Crippen LogP contribution in [-0.4, -0.2) is 16.6 Å². The lowest BCUT2D eigenvalue weighted by molar-refractivity contribution is 0.101. The van der Waals surface area contributed by atoms with Crippen molar-refractivity contribution in [3.05, 3.63) is 167 Å². The van der Waals surface area contributed by atoms with Crippen molar-refractivity contribution in [3.8, 4) is 44.6 Å². The van der Waals surface area contributed by atoms with Crippen LogP contribution in [0.2, 0.25) is 0 Å². The van der Waals surface area contributed by atoms with E-state index in [2.05, 4.69) is 79.7 Å². The van der Waals surface area contributed by atoms with Gasteiger partial charge < -0.3 is 5.73 Å². The molecule has 0 atom stereocenters. The molecule has 0 saturated heterocycles. The lowest BCUT2D eigenvalue weighted by Gasteiger charge is -2.07. The highest BCUT2D eigenvalue weighted by molar-refractivity contribution is 6.24. The topological polar surface area (TPSA) is 73.1 Å². The molecule has 0 radical (unpaired) electrons. The number of carbonyl (C=O) groups is 2. The highest BCUT2D eigenvalue weighted by Gasteiger charge is 2.27. The second kappa shape index (κ2) is 12.6. The highest BCUT2D eigenvalue weighted by atomic mass is 16.1. The molecule has 0 amide bonds. The van der Waals surface area contributed by atoms with E-state index in [0.29, 0.717) is 11.3 Å². The molecule has 6 aromatic carbocycles. The Morgan fingerprint density at radius 1 is 0.562 bits per heavy atom. The van der Waals surface area contributed by atoms with Crippen molar-refractivity contribution in [1.29, 1.82) is 0 Å². The number of nitrogens with two attached hydrogens (primary N) is 1. The van der Waals surface area contributed by atoms with Gasteiger partial charge in [-0.25, -0.2) is 4.98 Å². The number of benzene rings is 6. The van der Waals surface area contributed by atoms with Crippen molar-refractivity contribution in [2.24, 2.45) is 0 Å². The number of aromatic nitrogens is 1. The molecule has 0 aliphatic heterocycles. The van der Waals surface area contributed by atoms with Gasteiger partial charge in [0, 0.05) is 27.8 Å². The molecule has 0 unspecified atom stereocenters. The minimum atomic E-state index is 0.0405. The SMILES string of the molecule is CC(=O)c1ccc(C)cc1.Cc1ccc(-c2cc3c4c(cccc4n2)-c2ccccc2-3)cc1.Nc1cccc2c1C(=O)c1ccccc1-2. The molecule has 48 heavy (non-hydrogen) atoms. The van der Waals surface area contributed by atoms with Crippen LogP contribution in [0.4, 0.5) is 5.69 Å². The van der Waals surface area contributed by atoms with Gasteiger partial charge in [0.25, 0.3) is 0 Å². The summed E-state index contributed by atoms with van der Waals surface area (Å²) in [4.78, 5) is 27.7. The molecule has 2 aliphatic rings. The van der Waals surface area contributed by atoms with E-state index in [1.807, 2.05) is 67.6 Å². The van der Waals surface area contributed by atoms with Gasteiger partial charge in [-0.1, -0.05) is 132 Å². The van der Waals surface area contributed by atoms with Crippen LogP contribution in [0, 0.1) is 13.8 Å². The van der Waals surface area contributed by atoms with Crippen LogP contribution in [0.5, 0.6) is 0 Å². The first-order chi connectivity index (χ1) is 23.3. The molecule has 0 fully saturated rings. The fraction of sp³-hybridized carbons (Fsp3) is 0.0682. The van der Waals surface area contributed by atoms with Gasteiger partial charge in [0.2, 0.25) is 0 Å². The number of hydrogen-bond donors (Lipinski definition) is 1. The summed E-state index contributed by atoms with van der Waals surface area (Å²) in [5, 5.41) is 1.28. The van der Waals surface area contributed by atoms with Gasteiger partial charge in [-0.05, 0) is 72.4 Å². The zero-order valence-electron chi connectivity index (χ0n) is 27.1. The number of carbonyl (C=O) groups excluding carboxylic acids is 2. The third kappa shape index (κ3) is 5.58. The van der Waals surface area contributed by atoms with E-state index in [9.17, 15) is 9.59 Å². The molecule has 2 N–H and O–H groups in total. The maximum atomic E-state index is 12.0.